The number of benzene rings is 1. The van der Waals surface area contributed by atoms with E-state index in [9.17, 15) is 13.9 Å². The molecular formula is C10H9F2N3O. The van der Waals surface area contributed by atoms with Crippen LogP contribution in [0.1, 0.15) is 0 Å². The van der Waals surface area contributed by atoms with Gasteiger partial charge in [-0.1, -0.05) is 0 Å². The summed E-state index contributed by atoms with van der Waals surface area (Å²) in [7, 11) is 1.56. The highest BCUT2D eigenvalue weighted by molar-refractivity contribution is 5.69. The fourth-order valence-corrected chi connectivity index (χ4v) is 1.39. The summed E-state index contributed by atoms with van der Waals surface area (Å²) in [5.41, 5.74) is 5.33. The van der Waals surface area contributed by atoms with E-state index in [1.54, 1.807) is 7.05 Å². The van der Waals surface area contributed by atoms with Crippen LogP contribution in [0.4, 0.5) is 14.6 Å². The Labute approximate surface area is 89.9 Å². The van der Waals surface area contributed by atoms with Gasteiger partial charge in [0.15, 0.2) is 11.6 Å². The molecule has 84 valence electrons. The van der Waals surface area contributed by atoms with Crippen LogP contribution in [0.5, 0.6) is 5.75 Å². The molecule has 16 heavy (non-hydrogen) atoms. The number of aryl methyl sites for hydroxylation is 1. The highest BCUT2D eigenvalue weighted by Gasteiger charge is 2.17. The Hall–Kier alpha value is -2.11. The van der Waals surface area contributed by atoms with Crippen LogP contribution >= 0.6 is 0 Å². The predicted octanol–water partition coefficient (Wildman–Crippen LogP) is 1.65. The lowest BCUT2D eigenvalue weighted by Gasteiger charge is -2.03. The average molecular weight is 225 g/mol. The second kappa shape index (κ2) is 3.48. The van der Waals surface area contributed by atoms with E-state index in [2.05, 4.69) is 5.10 Å². The van der Waals surface area contributed by atoms with Gasteiger partial charge >= 0.3 is 0 Å². The van der Waals surface area contributed by atoms with Gasteiger partial charge in [0.05, 0.1) is 5.56 Å². The van der Waals surface area contributed by atoms with E-state index in [1.807, 2.05) is 0 Å². The summed E-state index contributed by atoms with van der Waals surface area (Å²) in [4.78, 5) is 0. The molecule has 0 saturated carbocycles. The second-order valence-corrected chi connectivity index (χ2v) is 3.33. The third kappa shape index (κ3) is 1.48. The highest BCUT2D eigenvalue weighted by atomic mass is 19.1. The van der Waals surface area contributed by atoms with Crippen LogP contribution in [0.3, 0.4) is 0 Å². The summed E-state index contributed by atoms with van der Waals surface area (Å²) in [6.45, 7) is 0. The summed E-state index contributed by atoms with van der Waals surface area (Å²) in [5, 5.41) is 13.3. The van der Waals surface area contributed by atoms with Gasteiger partial charge in [-0.3, -0.25) is 4.68 Å². The van der Waals surface area contributed by atoms with E-state index in [1.165, 1.54) is 10.7 Å². The normalized spacial score (nSPS) is 10.7. The number of nitrogen functional groups attached to an aromatic ring is 1. The molecule has 4 nitrogen and oxygen atoms in total. The van der Waals surface area contributed by atoms with Gasteiger partial charge in [-0.15, -0.1) is 0 Å². The van der Waals surface area contributed by atoms with Crippen molar-refractivity contribution in [2.45, 2.75) is 0 Å². The maximum atomic E-state index is 13.4. The molecule has 0 aliphatic heterocycles. The van der Waals surface area contributed by atoms with Gasteiger partial charge in [-0.2, -0.15) is 5.10 Å². The van der Waals surface area contributed by atoms with Gasteiger partial charge in [0.1, 0.15) is 17.3 Å². The van der Waals surface area contributed by atoms with Gasteiger partial charge in [0.2, 0.25) is 0 Å². The molecule has 0 saturated heterocycles. The minimum atomic E-state index is -0.902. The maximum Gasteiger partial charge on any atom is 0.165 e. The largest absolute Gasteiger partial charge is 0.504 e. The summed E-state index contributed by atoms with van der Waals surface area (Å²) < 4.78 is 27.8. The van der Waals surface area contributed by atoms with Crippen LogP contribution in [0.2, 0.25) is 0 Å². The summed E-state index contributed by atoms with van der Waals surface area (Å²) in [6.07, 6.45) is 0. The number of anilines is 1. The number of hydrogen-bond donors (Lipinski definition) is 2. The van der Waals surface area contributed by atoms with Crippen LogP contribution in [0.15, 0.2) is 18.2 Å². The van der Waals surface area contributed by atoms with Crippen LogP contribution in [0, 0.1) is 11.6 Å². The fraction of sp³-hybridized carbons (Fsp3) is 0.100. The number of aromatic nitrogens is 2. The number of hydrogen-bond acceptors (Lipinski definition) is 3. The zero-order valence-corrected chi connectivity index (χ0v) is 8.41. The maximum absolute atomic E-state index is 13.4. The Kier molecular flexibility index (Phi) is 2.26. The van der Waals surface area contributed by atoms with Crippen LogP contribution < -0.4 is 5.73 Å². The molecule has 1 heterocycles. The van der Waals surface area contributed by atoms with E-state index >= 15 is 0 Å². The Bertz CT molecular complexity index is 532. The number of nitrogens with zero attached hydrogens (tertiary/aromatic N) is 2. The minimum absolute atomic E-state index is 0.0921. The number of phenolic OH excluding ortho intramolecular Hbond substituents is 1. The molecule has 1 aromatic heterocycles. The lowest BCUT2D eigenvalue weighted by Crippen LogP contribution is -1.97. The molecule has 0 spiro atoms. The minimum Gasteiger partial charge on any atom is -0.504 e. The first-order valence-corrected chi connectivity index (χ1v) is 4.47. The SMILES string of the molecule is Cn1nc(-c2c(F)ccc(F)c2O)cc1N. The fourth-order valence-electron chi connectivity index (χ4n) is 1.39. The van der Waals surface area contributed by atoms with Crippen molar-refractivity contribution >= 4 is 5.82 Å². The van der Waals surface area contributed by atoms with Crippen molar-refractivity contribution < 1.29 is 13.9 Å². The molecule has 0 fully saturated rings. The molecule has 0 aliphatic carbocycles. The molecule has 0 aliphatic rings. The number of halogens is 2. The van der Waals surface area contributed by atoms with Crippen molar-refractivity contribution in [2.75, 3.05) is 5.73 Å². The molecule has 0 amide bonds. The van der Waals surface area contributed by atoms with Crippen molar-refractivity contribution in [3.05, 3.63) is 29.8 Å². The van der Waals surface area contributed by atoms with Gasteiger partial charge < -0.3 is 10.8 Å². The molecular weight excluding hydrogens is 216 g/mol. The summed E-state index contributed by atoms with van der Waals surface area (Å²) >= 11 is 0. The van der Waals surface area contributed by atoms with E-state index < -0.39 is 17.4 Å². The Morgan fingerprint density at radius 2 is 1.94 bits per heavy atom. The Morgan fingerprint density at radius 1 is 1.31 bits per heavy atom. The molecule has 0 unspecified atom stereocenters. The number of phenols is 1. The lowest BCUT2D eigenvalue weighted by atomic mass is 10.1. The summed E-state index contributed by atoms with van der Waals surface area (Å²) in [6, 6.07) is 3.13. The second-order valence-electron chi connectivity index (χ2n) is 3.33. The molecule has 1 aromatic carbocycles. The average Bonchev–Trinajstić information content (AvgIpc) is 2.54. The molecule has 6 heteroatoms. The summed E-state index contributed by atoms with van der Waals surface area (Å²) in [5.74, 6) is -2.13. The third-order valence-electron chi connectivity index (χ3n) is 2.25. The first-order chi connectivity index (χ1) is 7.50. The van der Waals surface area contributed by atoms with Gasteiger partial charge in [-0.25, -0.2) is 8.78 Å². The van der Waals surface area contributed by atoms with Gasteiger partial charge in [-0.05, 0) is 12.1 Å². The number of aromatic hydroxyl groups is 1. The van der Waals surface area contributed by atoms with Crippen LogP contribution in [0.25, 0.3) is 11.3 Å². The van der Waals surface area contributed by atoms with Crippen molar-refractivity contribution in [3.8, 4) is 17.0 Å². The monoisotopic (exact) mass is 225 g/mol. The van der Waals surface area contributed by atoms with Crippen LogP contribution in [-0.4, -0.2) is 14.9 Å². The topological polar surface area (TPSA) is 64.1 Å². The molecule has 3 N–H and O–H groups in total. The van der Waals surface area contributed by atoms with E-state index in [0.717, 1.165) is 12.1 Å². The van der Waals surface area contributed by atoms with E-state index in [-0.39, 0.29) is 17.1 Å². The number of nitrogens with two attached hydrogens (primary N) is 1. The van der Waals surface area contributed by atoms with E-state index in [0.29, 0.717) is 0 Å². The third-order valence-corrected chi connectivity index (χ3v) is 2.25. The van der Waals surface area contributed by atoms with E-state index in [4.69, 9.17) is 5.73 Å². The first kappa shape index (κ1) is 10.4. The molecule has 0 radical (unpaired) electrons. The zero-order valence-electron chi connectivity index (χ0n) is 8.41. The number of rotatable bonds is 1. The smallest absolute Gasteiger partial charge is 0.165 e. The van der Waals surface area contributed by atoms with Crippen molar-refractivity contribution in [3.63, 3.8) is 0 Å². The Balaban J connectivity index is 2.68. The zero-order chi connectivity index (χ0) is 11.9. The Morgan fingerprint density at radius 3 is 2.50 bits per heavy atom. The van der Waals surface area contributed by atoms with Crippen molar-refractivity contribution in [1.29, 1.82) is 0 Å². The van der Waals surface area contributed by atoms with Gasteiger partial charge in [0.25, 0.3) is 0 Å². The molecule has 2 aromatic rings. The predicted molar refractivity (Wildman–Crippen MR) is 54.6 cm³/mol. The van der Waals surface area contributed by atoms with Crippen molar-refractivity contribution in [1.82, 2.24) is 9.78 Å². The van der Waals surface area contributed by atoms with Crippen molar-refractivity contribution in [2.24, 2.45) is 7.05 Å². The standard InChI is InChI=1S/C10H9F2N3O/c1-15-8(13)4-7(14-15)9-5(11)2-3-6(12)10(9)16/h2-4,16H,13H2,1H3. The van der Waals surface area contributed by atoms with Gasteiger partial charge in [0, 0.05) is 13.1 Å². The quantitative estimate of drug-likeness (QED) is 0.775. The molecule has 0 bridgehead atoms. The first-order valence-electron chi connectivity index (χ1n) is 4.47. The lowest BCUT2D eigenvalue weighted by molar-refractivity contribution is 0.429. The molecule has 0 atom stereocenters. The molecule has 2 rings (SSSR count). The highest BCUT2D eigenvalue weighted by Crippen LogP contribution is 2.33. The van der Waals surface area contributed by atoms with Crippen LogP contribution in [-0.2, 0) is 7.05 Å².